The molecule has 1 aliphatic rings. The van der Waals surface area contributed by atoms with E-state index in [1.54, 1.807) is 17.8 Å². The molecule has 1 unspecified atom stereocenters. The van der Waals surface area contributed by atoms with Gasteiger partial charge in [0.15, 0.2) is 0 Å². The molecule has 1 heterocycles. The zero-order chi connectivity index (χ0) is 11.5. The second kappa shape index (κ2) is 4.82. The summed E-state index contributed by atoms with van der Waals surface area (Å²) in [5.74, 6) is 0.875. The molecule has 0 aromatic heterocycles. The minimum absolute atomic E-state index is 0.0994. The second-order valence-electron chi connectivity index (χ2n) is 3.43. The first-order valence-electron chi connectivity index (χ1n) is 4.93. The molecule has 2 N–H and O–H groups in total. The van der Waals surface area contributed by atoms with Gasteiger partial charge in [-0.3, -0.25) is 10.1 Å². The van der Waals surface area contributed by atoms with Gasteiger partial charge in [-0.25, -0.2) is 0 Å². The van der Waals surface area contributed by atoms with Crippen LogP contribution in [0.1, 0.15) is 16.6 Å². The maximum atomic E-state index is 10.9. The maximum Gasteiger partial charge on any atom is 0.276 e. The molecule has 2 rings (SSSR count). The third-order valence-electron chi connectivity index (χ3n) is 2.40. The van der Waals surface area contributed by atoms with Crippen molar-refractivity contribution in [2.24, 2.45) is 5.73 Å². The molecule has 0 amide bonds. The number of benzene rings is 1. The molecule has 0 bridgehead atoms. The summed E-state index contributed by atoms with van der Waals surface area (Å²) in [4.78, 5) is 10.6. The average molecular weight is 240 g/mol. The van der Waals surface area contributed by atoms with E-state index < -0.39 is 0 Å². The summed E-state index contributed by atoms with van der Waals surface area (Å²) in [5.41, 5.74) is 6.74. The monoisotopic (exact) mass is 240 g/mol. The van der Waals surface area contributed by atoms with Crippen molar-refractivity contribution in [3.63, 3.8) is 0 Å². The zero-order valence-corrected chi connectivity index (χ0v) is 9.40. The van der Waals surface area contributed by atoms with E-state index in [2.05, 4.69) is 0 Å². The molecule has 86 valence electrons. The lowest BCUT2D eigenvalue weighted by Crippen LogP contribution is -2.03. The van der Waals surface area contributed by atoms with Gasteiger partial charge in [-0.2, -0.15) is 0 Å². The van der Waals surface area contributed by atoms with Gasteiger partial charge in [0, 0.05) is 18.4 Å². The number of nitro benzene ring substituents is 1. The molecule has 0 aliphatic carbocycles. The van der Waals surface area contributed by atoms with E-state index >= 15 is 0 Å². The Balaban J connectivity index is 2.39. The number of rotatable bonds is 3. The summed E-state index contributed by atoms with van der Waals surface area (Å²) in [6.07, 6.45) is 0. The number of nitro groups is 1. The van der Waals surface area contributed by atoms with Gasteiger partial charge in [0.25, 0.3) is 5.69 Å². The molecule has 0 saturated carbocycles. The van der Waals surface area contributed by atoms with E-state index in [0.717, 1.165) is 11.3 Å². The van der Waals surface area contributed by atoms with Gasteiger partial charge >= 0.3 is 0 Å². The Labute approximate surface area is 97.1 Å². The largest absolute Gasteiger partial charge is 0.362 e. The molecule has 0 spiro atoms. The highest BCUT2D eigenvalue weighted by molar-refractivity contribution is 7.99. The predicted molar refractivity (Wildman–Crippen MR) is 62.1 cm³/mol. The van der Waals surface area contributed by atoms with Crippen molar-refractivity contribution in [1.82, 2.24) is 0 Å². The van der Waals surface area contributed by atoms with Gasteiger partial charge in [0.2, 0.25) is 0 Å². The first kappa shape index (κ1) is 11.4. The fourth-order valence-electron chi connectivity index (χ4n) is 1.61. The highest BCUT2D eigenvalue weighted by Crippen LogP contribution is 2.39. The molecular formula is C10H12N2O3S. The Morgan fingerprint density at radius 2 is 2.44 bits per heavy atom. The van der Waals surface area contributed by atoms with Crippen molar-refractivity contribution in [2.45, 2.75) is 12.0 Å². The fraction of sp³-hybridized carbons (Fsp3) is 0.400. The van der Waals surface area contributed by atoms with Gasteiger partial charge in [-0.05, 0) is 11.6 Å². The van der Waals surface area contributed by atoms with Crippen LogP contribution in [-0.2, 0) is 11.3 Å². The average Bonchev–Trinajstić information content (AvgIpc) is 2.81. The van der Waals surface area contributed by atoms with Crippen molar-refractivity contribution in [3.05, 3.63) is 39.4 Å². The zero-order valence-electron chi connectivity index (χ0n) is 8.59. The number of nitrogens with two attached hydrogens (primary N) is 1. The number of hydrogen-bond acceptors (Lipinski definition) is 5. The first-order valence-corrected chi connectivity index (χ1v) is 5.97. The van der Waals surface area contributed by atoms with E-state index in [1.807, 2.05) is 6.07 Å². The summed E-state index contributed by atoms with van der Waals surface area (Å²) in [7, 11) is 0. The summed E-state index contributed by atoms with van der Waals surface area (Å²) in [6, 6.07) is 5.07. The van der Waals surface area contributed by atoms with Crippen LogP contribution in [0.3, 0.4) is 0 Å². The number of nitrogens with zero attached hydrogens (tertiary/aromatic N) is 1. The van der Waals surface area contributed by atoms with E-state index in [9.17, 15) is 10.1 Å². The third-order valence-corrected chi connectivity index (χ3v) is 3.50. The van der Waals surface area contributed by atoms with E-state index in [4.69, 9.17) is 10.5 Å². The molecule has 1 saturated heterocycles. The van der Waals surface area contributed by atoms with Crippen molar-refractivity contribution in [2.75, 3.05) is 12.4 Å². The number of thioether (sulfide) groups is 1. The van der Waals surface area contributed by atoms with Crippen LogP contribution in [0.15, 0.2) is 18.2 Å². The highest BCUT2D eigenvalue weighted by atomic mass is 32.2. The van der Waals surface area contributed by atoms with Crippen LogP contribution in [0, 0.1) is 10.1 Å². The van der Waals surface area contributed by atoms with Crippen LogP contribution >= 0.6 is 11.8 Å². The van der Waals surface area contributed by atoms with Gasteiger partial charge in [-0.15, -0.1) is 11.8 Å². The van der Waals surface area contributed by atoms with E-state index in [-0.39, 0.29) is 16.0 Å². The maximum absolute atomic E-state index is 10.9. The van der Waals surface area contributed by atoms with Crippen molar-refractivity contribution in [3.8, 4) is 0 Å². The quantitative estimate of drug-likeness (QED) is 0.644. The van der Waals surface area contributed by atoms with Crippen LogP contribution in [0.5, 0.6) is 0 Å². The van der Waals surface area contributed by atoms with Crippen molar-refractivity contribution >= 4 is 17.4 Å². The van der Waals surface area contributed by atoms with E-state index in [1.165, 1.54) is 6.07 Å². The Morgan fingerprint density at radius 3 is 3.00 bits per heavy atom. The fourth-order valence-corrected chi connectivity index (χ4v) is 2.59. The lowest BCUT2D eigenvalue weighted by molar-refractivity contribution is -0.386. The number of ether oxygens (including phenoxy) is 1. The standard InChI is InChI=1S/C10H12N2O3S/c11-6-7-1-2-8(9(5-7)12(13)14)10-15-3-4-16-10/h1-2,5,10H,3-4,6,11H2. The lowest BCUT2D eigenvalue weighted by Gasteiger charge is -2.10. The summed E-state index contributed by atoms with van der Waals surface area (Å²) < 4.78 is 5.43. The number of hydrogen-bond donors (Lipinski definition) is 1. The molecule has 16 heavy (non-hydrogen) atoms. The first-order chi connectivity index (χ1) is 7.72. The minimum atomic E-state index is -0.378. The molecule has 1 aromatic carbocycles. The summed E-state index contributed by atoms with van der Waals surface area (Å²) in [6.45, 7) is 0.949. The Kier molecular flexibility index (Phi) is 3.42. The van der Waals surface area contributed by atoms with Crippen LogP contribution in [0.4, 0.5) is 5.69 Å². The molecule has 1 fully saturated rings. The Morgan fingerprint density at radius 1 is 1.62 bits per heavy atom. The molecule has 1 aliphatic heterocycles. The van der Waals surface area contributed by atoms with E-state index in [0.29, 0.717) is 18.7 Å². The molecule has 6 heteroatoms. The third kappa shape index (κ3) is 2.18. The van der Waals surface area contributed by atoms with Crippen LogP contribution in [0.2, 0.25) is 0 Å². The van der Waals surface area contributed by atoms with Gasteiger partial charge in [0.05, 0.1) is 17.1 Å². The SMILES string of the molecule is NCc1ccc(C2OCCS2)c([N+](=O)[O-])c1. The Hall–Kier alpha value is -1.11. The lowest BCUT2D eigenvalue weighted by atomic mass is 10.1. The van der Waals surface area contributed by atoms with Gasteiger partial charge < -0.3 is 10.5 Å². The molecule has 1 atom stereocenters. The second-order valence-corrected chi connectivity index (χ2v) is 4.60. The molecule has 5 nitrogen and oxygen atoms in total. The molecule has 1 aromatic rings. The summed E-state index contributed by atoms with van der Waals surface area (Å²) in [5, 5.41) is 10.9. The van der Waals surface area contributed by atoms with Gasteiger partial charge in [-0.1, -0.05) is 6.07 Å². The van der Waals surface area contributed by atoms with Crippen molar-refractivity contribution < 1.29 is 9.66 Å². The van der Waals surface area contributed by atoms with Crippen LogP contribution in [-0.4, -0.2) is 17.3 Å². The van der Waals surface area contributed by atoms with Crippen LogP contribution < -0.4 is 5.73 Å². The van der Waals surface area contributed by atoms with Crippen LogP contribution in [0.25, 0.3) is 0 Å². The normalized spacial score (nSPS) is 19.9. The summed E-state index contributed by atoms with van der Waals surface area (Å²) >= 11 is 1.58. The topological polar surface area (TPSA) is 78.4 Å². The molecule has 0 radical (unpaired) electrons. The predicted octanol–water partition coefficient (Wildman–Crippen LogP) is 1.82. The Bertz CT molecular complexity index is 405. The molecular weight excluding hydrogens is 228 g/mol. The smallest absolute Gasteiger partial charge is 0.276 e. The van der Waals surface area contributed by atoms with Gasteiger partial charge in [0.1, 0.15) is 5.44 Å². The highest BCUT2D eigenvalue weighted by Gasteiger charge is 2.26. The van der Waals surface area contributed by atoms with Crippen molar-refractivity contribution in [1.29, 1.82) is 0 Å². The minimum Gasteiger partial charge on any atom is -0.362 e.